The van der Waals surface area contributed by atoms with E-state index in [-0.39, 0.29) is 23.7 Å². The summed E-state index contributed by atoms with van der Waals surface area (Å²) in [5, 5.41) is -0.371. The predicted molar refractivity (Wildman–Crippen MR) is 101 cm³/mol. The highest BCUT2D eigenvalue weighted by Gasteiger charge is 2.43. The minimum Gasteiger partial charge on any atom is -0.466 e. The fraction of sp³-hybridized carbons (Fsp3) is 0.350. The van der Waals surface area contributed by atoms with Crippen LogP contribution in [-0.4, -0.2) is 41.0 Å². The lowest BCUT2D eigenvalue weighted by Crippen LogP contribution is -2.43. The fourth-order valence-electron chi connectivity index (χ4n) is 3.07. The molecule has 2 aromatic rings. The second kappa shape index (κ2) is 8.00. The lowest BCUT2D eigenvalue weighted by atomic mass is 10.0. The molecule has 1 fully saturated rings. The van der Waals surface area contributed by atoms with Gasteiger partial charge in [-0.1, -0.05) is 17.7 Å². The number of amides is 1. The lowest BCUT2D eigenvalue weighted by Gasteiger charge is -2.25. The normalized spacial score (nSPS) is 19.1. The number of nitrogens with zero attached hydrogens (tertiary/aromatic N) is 1. The Morgan fingerprint density at radius 2 is 2.04 bits per heavy atom. The van der Waals surface area contributed by atoms with Crippen molar-refractivity contribution in [3.05, 3.63) is 59.0 Å². The Kier molecular flexibility index (Phi) is 5.70. The van der Waals surface area contributed by atoms with E-state index in [4.69, 9.17) is 9.15 Å². The zero-order valence-corrected chi connectivity index (χ0v) is 16.2. The van der Waals surface area contributed by atoms with E-state index in [0.29, 0.717) is 17.1 Å². The van der Waals surface area contributed by atoms with Gasteiger partial charge in [-0.05, 0) is 37.6 Å². The molecule has 0 unspecified atom stereocenters. The molecule has 0 aliphatic carbocycles. The zero-order chi connectivity index (χ0) is 19.6. The molecule has 142 valence electrons. The van der Waals surface area contributed by atoms with Crippen LogP contribution in [0.4, 0.5) is 0 Å². The number of furan rings is 1. The van der Waals surface area contributed by atoms with E-state index in [9.17, 15) is 14.4 Å². The van der Waals surface area contributed by atoms with Crippen LogP contribution in [-0.2, 0) is 14.3 Å². The van der Waals surface area contributed by atoms with E-state index >= 15 is 0 Å². The van der Waals surface area contributed by atoms with Crippen molar-refractivity contribution < 1.29 is 23.5 Å². The number of benzene rings is 1. The number of esters is 1. The number of aryl methyl sites for hydroxylation is 2. The number of rotatable bonds is 5. The van der Waals surface area contributed by atoms with Gasteiger partial charge in [0.15, 0.2) is 6.61 Å². The third kappa shape index (κ3) is 4.08. The third-order valence-corrected chi connectivity index (χ3v) is 5.75. The molecule has 6 nitrogen and oxygen atoms in total. The molecule has 0 spiro atoms. The Hall–Kier alpha value is -2.54. The number of carbonyl (C=O) groups is 3. The van der Waals surface area contributed by atoms with Gasteiger partial charge in [0.25, 0.3) is 0 Å². The van der Waals surface area contributed by atoms with Gasteiger partial charge in [-0.3, -0.25) is 9.59 Å². The molecular formula is C20H21NO5S. The van der Waals surface area contributed by atoms with Crippen molar-refractivity contribution in [2.45, 2.75) is 32.2 Å². The van der Waals surface area contributed by atoms with Gasteiger partial charge in [0.1, 0.15) is 17.2 Å². The maximum Gasteiger partial charge on any atom is 0.330 e. The third-order valence-electron chi connectivity index (χ3n) is 4.46. The summed E-state index contributed by atoms with van der Waals surface area (Å²) < 4.78 is 10.6. The molecular weight excluding hydrogens is 366 g/mol. The first-order chi connectivity index (χ1) is 12.9. The molecule has 27 heavy (non-hydrogen) atoms. The van der Waals surface area contributed by atoms with Gasteiger partial charge >= 0.3 is 5.97 Å². The van der Waals surface area contributed by atoms with Crippen molar-refractivity contribution in [2.24, 2.45) is 0 Å². The molecule has 1 aliphatic heterocycles. The molecule has 7 heteroatoms. The van der Waals surface area contributed by atoms with Gasteiger partial charge in [0, 0.05) is 18.2 Å². The molecule has 1 amide bonds. The standard InChI is InChI=1S/C20H21NO5S/c1-12-6-7-13(2)15(9-12)17(23)10-26-20(24)16-11-27-19(21(16)14(3)22)18-5-4-8-25-18/h4-9,16,19H,10-11H2,1-3H3/t16-,19+/m1/s1. The summed E-state index contributed by atoms with van der Waals surface area (Å²) in [7, 11) is 0. The summed E-state index contributed by atoms with van der Waals surface area (Å²) >= 11 is 1.43. The second-order valence-electron chi connectivity index (χ2n) is 6.49. The van der Waals surface area contributed by atoms with Crippen LogP contribution in [0, 0.1) is 13.8 Å². The van der Waals surface area contributed by atoms with Crippen LogP contribution in [0.3, 0.4) is 0 Å². The molecule has 0 radical (unpaired) electrons. The molecule has 3 rings (SSSR count). The zero-order valence-electron chi connectivity index (χ0n) is 15.4. The van der Waals surface area contributed by atoms with Crippen LogP contribution < -0.4 is 0 Å². The molecule has 2 heterocycles. The van der Waals surface area contributed by atoms with Gasteiger partial charge in [-0.2, -0.15) is 0 Å². The first-order valence-corrected chi connectivity index (χ1v) is 9.64. The maximum absolute atomic E-state index is 12.6. The number of ether oxygens (including phenoxy) is 1. The molecule has 0 bridgehead atoms. The van der Waals surface area contributed by atoms with Gasteiger partial charge < -0.3 is 14.1 Å². The molecule has 1 aliphatic rings. The molecule has 0 saturated carbocycles. The van der Waals surface area contributed by atoms with Gasteiger partial charge in [-0.25, -0.2) is 4.79 Å². The first-order valence-electron chi connectivity index (χ1n) is 8.59. The summed E-state index contributed by atoms with van der Waals surface area (Å²) in [6.07, 6.45) is 1.53. The number of ketones is 1. The average molecular weight is 387 g/mol. The van der Waals surface area contributed by atoms with E-state index in [2.05, 4.69) is 0 Å². The van der Waals surface area contributed by atoms with E-state index in [1.165, 1.54) is 29.8 Å². The van der Waals surface area contributed by atoms with Crippen LogP contribution in [0.25, 0.3) is 0 Å². The Balaban J connectivity index is 1.67. The highest BCUT2D eigenvalue weighted by molar-refractivity contribution is 7.99. The minimum absolute atomic E-state index is 0.246. The number of thioether (sulfide) groups is 1. The molecule has 0 N–H and O–H groups in total. The molecule has 1 saturated heterocycles. The van der Waals surface area contributed by atoms with Crippen LogP contribution in [0.2, 0.25) is 0 Å². The Bertz CT molecular complexity index is 861. The van der Waals surface area contributed by atoms with E-state index in [0.717, 1.165) is 11.1 Å². The van der Waals surface area contributed by atoms with Gasteiger partial charge in [0.2, 0.25) is 11.7 Å². The van der Waals surface area contributed by atoms with Crippen molar-refractivity contribution in [3.63, 3.8) is 0 Å². The largest absolute Gasteiger partial charge is 0.466 e. The molecule has 1 aromatic carbocycles. The van der Waals surface area contributed by atoms with Gasteiger partial charge in [-0.15, -0.1) is 11.8 Å². The smallest absolute Gasteiger partial charge is 0.330 e. The first kappa shape index (κ1) is 19.2. The summed E-state index contributed by atoms with van der Waals surface area (Å²) in [5.41, 5.74) is 2.34. The van der Waals surface area contributed by atoms with Gasteiger partial charge in [0.05, 0.1) is 6.26 Å². The van der Waals surface area contributed by atoms with Crippen LogP contribution in [0.1, 0.15) is 39.5 Å². The fourth-order valence-corrected chi connectivity index (χ4v) is 4.49. The van der Waals surface area contributed by atoms with Crippen molar-refractivity contribution >= 4 is 29.4 Å². The highest BCUT2D eigenvalue weighted by Crippen LogP contribution is 2.41. The SMILES string of the molecule is CC(=O)N1[C@@H](C(=O)OCC(=O)c2cc(C)ccc2C)CS[C@H]1c1ccco1. The van der Waals surface area contributed by atoms with Crippen LogP contribution in [0.5, 0.6) is 0 Å². The van der Waals surface area contributed by atoms with E-state index in [1.54, 1.807) is 18.2 Å². The number of carbonyl (C=O) groups excluding carboxylic acids is 3. The monoisotopic (exact) mass is 387 g/mol. The summed E-state index contributed by atoms with van der Waals surface area (Å²) in [6.45, 7) is 4.80. The second-order valence-corrected chi connectivity index (χ2v) is 7.61. The van der Waals surface area contributed by atoms with Crippen molar-refractivity contribution in [1.82, 2.24) is 4.90 Å². The highest BCUT2D eigenvalue weighted by atomic mass is 32.2. The molecule has 1 aromatic heterocycles. The summed E-state index contributed by atoms with van der Waals surface area (Å²) in [5.74, 6) is -0.0831. The Labute approximate surface area is 161 Å². The van der Waals surface area contributed by atoms with Crippen LogP contribution >= 0.6 is 11.8 Å². The van der Waals surface area contributed by atoms with Crippen molar-refractivity contribution in [2.75, 3.05) is 12.4 Å². The van der Waals surface area contributed by atoms with Crippen molar-refractivity contribution in [3.8, 4) is 0 Å². The average Bonchev–Trinajstić information content (AvgIpc) is 3.30. The topological polar surface area (TPSA) is 76.8 Å². The number of Topliss-reactive ketones (excluding diaryl/α,β-unsaturated/α-hetero) is 1. The quantitative estimate of drug-likeness (QED) is 0.579. The maximum atomic E-state index is 12.6. The van der Waals surface area contributed by atoms with Crippen molar-refractivity contribution in [1.29, 1.82) is 0 Å². The van der Waals surface area contributed by atoms with Crippen LogP contribution in [0.15, 0.2) is 41.0 Å². The summed E-state index contributed by atoms with van der Waals surface area (Å²) in [6, 6.07) is 8.34. The Morgan fingerprint density at radius 3 is 2.70 bits per heavy atom. The lowest BCUT2D eigenvalue weighted by molar-refractivity contribution is -0.152. The Morgan fingerprint density at radius 1 is 1.26 bits per heavy atom. The summed E-state index contributed by atoms with van der Waals surface area (Å²) in [4.78, 5) is 38.5. The van der Waals surface area contributed by atoms with E-state index < -0.39 is 12.0 Å². The molecule has 2 atom stereocenters. The number of hydrogen-bond donors (Lipinski definition) is 0. The minimum atomic E-state index is -0.742. The number of hydrogen-bond acceptors (Lipinski definition) is 6. The van der Waals surface area contributed by atoms with E-state index in [1.807, 2.05) is 26.0 Å². The predicted octanol–water partition coefficient (Wildman–Crippen LogP) is 3.29.